The Morgan fingerprint density at radius 3 is 2.46 bits per heavy atom. The molecule has 0 fully saturated rings. The molecule has 1 N–H and O–H groups in total. The van der Waals surface area contributed by atoms with Crippen LogP contribution in [0.3, 0.4) is 0 Å². The number of hydrogen-bond acceptors (Lipinski definition) is 4. The van der Waals surface area contributed by atoms with E-state index >= 15 is 0 Å². The van der Waals surface area contributed by atoms with Crippen molar-refractivity contribution in [2.45, 2.75) is 4.90 Å². The Kier molecular flexibility index (Phi) is 1.35. The van der Waals surface area contributed by atoms with Gasteiger partial charge < -0.3 is 0 Å². The molecule has 0 saturated heterocycles. The van der Waals surface area contributed by atoms with Crippen LogP contribution in [0.15, 0.2) is 23.1 Å². The van der Waals surface area contributed by atoms with Crippen LogP contribution in [-0.4, -0.2) is 13.3 Å². The van der Waals surface area contributed by atoms with E-state index in [0.29, 0.717) is 0 Å². The summed E-state index contributed by atoms with van der Waals surface area (Å²) >= 11 is 0. The topological polar surface area (TPSA) is 89.3 Å². The molecule has 2 aliphatic heterocycles. The summed E-state index contributed by atoms with van der Waals surface area (Å²) in [6.07, 6.45) is 0. The smallest absolute Gasteiger partial charge is 0.279 e. The molecule has 0 unspecified atom stereocenters. The largest absolute Gasteiger partial charge is 0.291 e. The van der Waals surface area contributed by atoms with Gasteiger partial charge in [-0.15, -0.1) is 0 Å². The van der Waals surface area contributed by atoms with Crippen LogP contribution in [0, 0.1) is 10.1 Å². The molecule has 7 heteroatoms. The molecule has 0 amide bonds. The van der Waals surface area contributed by atoms with Crippen LogP contribution in [-0.2, 0) is 10.0 Å². The zero-order valence-electron chi connectivity index (χ0n) is 6.22. The molecular formula is C6H4N2O4S. The van der Waals surface area contributed by atoms with Crippen LogP contribution in [0.2, 0.25) is 0 Å². The Labute approximate surface area is 73.4 Å². The number of rotatable bonds is 1. The number of nitro benzene ring substituents is 1. The Bertz CT molecular complexity index is 493. The van der Waals surface area contributed by atoms with E-state index < -0.39 is 14.9 Å². The molecule has 0 aliphatic carbocycles. The predicted molar refractivity (Wildman–Crippen MR) is 43.9 cm³/mol. The molecule has 0 aromatic heterocycles. The van der Waals surface area contributed by atoms with Gasteiger partial charge in [0.05, 0.1) is 10.6 Å². The number of anilines is 1. The van der Waals surface area contributed by atoms with Crippen molar-refractivity contribution in [2.24, 2.45) is 0 Å². The van der Waals surface area contributed by atoms with Gasteiger partial charge in [-0.2, -0.15) is 0 Å². The summed E-state index contributed by atoms with van der Waals surface area (Å²) in [5.41, 5.74) is -0.155. The highest BCUT2D eigenvalue weighted by Gasteiger charge is 2.31. The number of fused-ring (bicyclic) bond motifs is 3. The van der Waals surface area contributed by atoms with E-state index in [0.717, 1.165) is 0 Å². The third kappa shape index (κ3) is 1.04. The van der Waals surface area contributed by atoms with Crippen LogP contribution >= 0.6 is 0 Å². The Morgan fingerprint density at radius 2 is 2.08 bits per heavy atom. The summed E-state index contributed by atoms with van der Waals surface area (Å²) in [5, 5.41) is 10.4. The maximum absolute atomic E-state index is 11.2. The zero-order valence-corrected chi connectivity index (χ0v) is 7.04. The van der Waals surface area contributed by atoms with Crippen LogP contribution in [0.25, 0.3) is 0 Å². The van der Waals surface area contributed by atoms with Gasteiger partial charge in [0, 0.05) is 6.07 Å². The summed E-state index contributed by atoms with van der Waals surface area (Å²) < 4.78 is 24.5. The standard InChI is InChI=1S/C6H4N2O4S/c9-8(10)5-3-4-1-2-6(5)13(11,12)7-4/h1-3,7H. The fourth-order valence-corrected chi connectivity index (χ4v) is 2.36. The van der Waals surface area contributed by atoms with Crippen molar-refractivity contribution >= 4 is 21.4 Å². The van der Waals surface area contributed by atoms with Crippen LogP contribution in [0.4, 0.5) is 11.4 Å². The molecule has 0 saturated carbocycles. The van der Waals surface area contributed by atoms with Gasteiger partial charge in [0.15, 0.2) is 4.90 Å². The van der Waals surface area contributed by atoms with E-state index in [1.165, 1.54) is 18.2 Å². The number of benzene rings is 1. The molecule has 1 aromatic carbocycles. The first-order chi connectivity index (χ1) is 6.00. The van der Waals surface area contributed by atoms with Crippen LogP contribution in [0.5, 0.6) is 0 Å². The van der Waals surface area contributed by atoms with E-state index in [1.54, 1.807) is 0 Å². The third-order valence-corrected chi connectivity index (χ3v) is 3.13. The molecule has 2 aliphatic rings. The molecular weight excluding hydrogens is 196 g/mol. The Hall–Kier alpha value is -1.63. The van der Waals surface area contributed by atoms with E-state index in [4.69, 9.17) is 0 Å². The number of nitrogens with one attached hydrogen (secondary N) is 1. The second-order valence-corrected chi connectivity index (χ2v) is 4.20. The van der Waals surface area contributed by atoms with Gasteiger partial charge in [0.1, 0.15) is 0 Å². The van der Waals surface area contributed by atoms with E-state index in [1.807, 2.05) is 0 Å². The maximum atomic E-state index is 11.2. The fraction of sp³-hybridized carbons (Fsp3) is 0. The highest BCUT2D eigenvalue weighted by Crippen LogP contribution is 2.33. The lowest BCUT2D eigenvalue weighted by Crippen LogP contribution is -2.19. The van der Waals surface area contributed by atoms with E-state index in [2.05, 4.69) is 4.72 Å². The maximum Gasteiger partial charge on any atom is 0.291 e. The molecule has 6 nitrogen and oxygen atoms in total. The van der Waals surface area contributed by atoms with Crippen LogP contribution < -0.4 is 4.72 Å². The van der Waals surface area contributed by atoms with Crippen molar-refractivity contribution in [3.05, 3.63) is 28.3 Å². The van der Waals surface area contributed by atoms with E-state index in [-0.39, 0.29) is 16.3 Å². The minimum atomic E-state index is -3.69. The normalized spacial score (nSPS) is 16.6. The van der Waals surface area contributed by atoms with Gasteiger partial charge >= 0.3 is 0 Å². The highest BCUT2D eigenvalue weighted by molar-refractivity contribution is 7.93. The highest BCUT2D eigenvalue weighted by atomic mass is 32.2. The fourth-order valence-electron chi connectivity index (χ4n) is 1.16. The minimum Gasteiger partial charge on any atom is -0.279 e. The summed E-state index contributed by atoms with van der Waals surface area (Å²) in [6, 6.07) is 3.89. The lowest BCUT2D eigenvalue weighted by molar-refractivity contribution is -0.387. The van der Waals surface area contributed by atoms with Crippen molar-refractivity contribution in [3.63, 3.8) is 0 Å². The summed E-state index contributed by atoms with van der Waals surface area (Å²) in [4.78, 5) is 9.41. The van der Waals surface area contributed by atoms with Gasteiger partial charge in [0.25, 0.3) is 15.7 Å². The average molecular weight is 200 g/mol. The number of nitro groups is 1. The molecule has 13 heavy (non-hydrogen) atoms. The monoisotopic (exact) mass is 200 g/mol. The molecule has 0 atom stereocenters. The third-order valence-electron chi connectivity index (χ3n) is 1.70. The summed E-state index contributed by atoms with van der Waals surface area (Å²) in [5.74, 6) is 0. The van der Waals surface area contributed by atoms with Crippen molar-refractivity contribution in [3.8, 4) is 0 Å². The summed E-state index contributed by atoms with van der Waals surface area (Å²) in [6.45, 7) is 0. The number of hydrogen-bond donors (Lipinski definition) is 1. The SMILES string of the molecule is O=[N+]([O-])c1cc2ccc1S(=O)(=O)N2. The van der Waals surface area contributed by atoms with Gasteiger partial charge in [0.2, 0.25) is 0 Å². The Balaban J connectivity index is 2.81. The van der Waals surface area contributed by atoms with Gasteiger partial charge in [-0.05, 0) is 12.1 Å². The lowest BCUT2D eigenvalue weighted by Gasteiger charge is -2.14. The number of nitrogens with zero attached hydrogens (tertiary/aromatic N) is 1. The van der Waals surface area contributed by atoms with Crippen molar-refractivity contribution in [1.82, 2.24) is 0 Å². The van der Waals surface area contributed by atoms with Gasteiger partial charge in [-0.25, -0.2) is 8.42 Å². The number of sulfonamides is 1. The molecule has 2 heterocycles. The van der Waals surface area contributed by atoms with Gasteiger partial charge in [-0.3, -0.25) is 14.8 Å². The molecule has 3 rings (SSSR count). The molecule has 2 bridgehead atoms. The molecule has 1 aromatic rings. The van der Waals surface area contributed by atoms with Crippen molar-refractivity contribution in [2.75, 3.05) is 4.72 Å². The molecule has 0 spiro atoms. The van der Waals surface area contributed by atoms with Crippen molar-refractivity contribution < 1.29 is 13.3 Å². The first kappa shape index (κ1) is 7.99. The Morgan fingerprint density at radius 1 is 1.38 bits per heavy atom. The quantitative estimate of drug-likeness (QED) is 0.534. The van der Waals surface area contributed by atoms with Gasteiger partial charge in [-0.1, -0.05) is 0 Å². The predicted octanol–water partition coefficient (Wildman–Crippen LogP) is 0.709. The minimum absolute atomic E-state index is 0.224. The second kappa shape index (κ2) is 2.19. The second-order valence-electron chi connectivity index (χ2n) is 2.55. The average Bonchev–Trinajstić information content (AvgIpc) is 2.02. The molecule has 0 radical (unpaired) electrons. The first-order valence-electron chi connectivity index (χ1n) is 3.32. The van der Waals surface area contributed by atoms with Crippen molar-refractivity contribution in [1.29, 1.82) is 0 Å². The molecule has 68 valence electrons. The van der Waals surface area contributed by atoms with E-state index in [9.17, 15) is 18.5 Å². The lowest BCUT2D eigenvalue weighted by atomic mass is 10.3. The van der Waals surface area contributed by atoms with Crippen LogP contribution in [0.1, 0.15) is 0 Å². The first-order valence-corrected chi connectivity index (χ1v) is 4.80. The zero-order chi connectivity index (χ0) is 9.64. The summed E-state index contributed by atoms with van der Waals surface area (Å²) in [7, 11) is -3.69.